The van der Waals surface area contributed by atoms with Crippen LogP contribution in [0, 0.1) is 0 Å². The Morgan fingerprint density at radius 1 is 1.60 bits per heavy atom. The van der Waals surface area contributed by atoms with Gasteiger partial charge in [-0.2, -0.15) is 0 Å². The number of hydrogen-bond donors (Lipinski definition) is 3. The Balaban J connectivity index is 2.54. The van der Waals surface area contributed by atoms with Crippen molar-refractivity contribution in [1.29, 1.82) is 0 Å². The van der Waals surface area contributed by atoms with Gasteiger partial charge in [-0.3, -0.25) is 4.79 Å². The second-order valence-corrected chi connectivity index (χ2v) is 3.71. The summed E-state index contributed by atoms with van der Waals surface area (Å²) in [5.41, 5.74) is 6.64. The molecule has 4 nitrogen and oxygen atoms in total. The van der Waals surface area contributed by atoms with Gasteiger partial charge in [-0.05, 0) is 18.9 Å². The molecule has 84 valence electrons. The lowest BCUT2D eigenvalue weighted by Gasteiger charge is -2.15. The highest BCUT2D eigenvalue weighted by Gasteiger charge is 2.12. The number of anilines is 1. The molecule has 1 heterocycles. The SMILES string of the molecule is CCCC(CC)NC(=O)c1cc(N)c[nH]1. The van der Waals surface area contributed by atoms with Crippen LogP contribution in [0.2, 0.25) is 0 Å². The Bertz CT molecular complexity index is 319. The summed E-state index contributed by atoms with van der Waals surface area (Å²) in [6, 6.07) is 1.90. The fourth-order valence-corrected chi connectivity index (χ4v) is 1.53. The first-order valence-corrected chi connectivity index (χ1v) is 5.42. The van der Waals surface area contributed by atoms with Crippen LogP contribution in [0.1, 0.15) is 43.6 Å². The van der Waals surface area contributed by atoms with Gasteiger partial charge in [0.1, 0.15) is 5.69 Å². The minimum absolute atomic E-state index is 0.0769. The topological polar surface area (TPSA) is 70.9 Å². The first-order valence-electron chi connectivity index (χ1n) is 5.42. The number of carbonyl (C=O) groups excluding carboxylic acids is 1. The van der Waals surface area contributed by atoms with E-state index in [4.69, 9.17) is 5.73 Å². The standard InChI is InChI=1S/C11H19N3O/c1-3-5-9(4-2)14-11(15)10-6-8(12)7-13-10/h6-7,9,13H,3-5,12H2,1-2H3,(H,14,15). The van der Waals surface area contributed by atoms with Gasteiger partial charge < -0.3 is 16.0 Å². The number of hydrogen-bond acceptors (Lipinski definition) is 2. The van der Waals surface area contributed by atoms with Crippen molar-refractivity contribution in [3.8, 4) is 0 Å². The van der Waals surface area contributed by atoms with E-state index in [2.05, 4.69) is 24.1 Å². The van der Waals surface area contributed by atoms with E-state index < -0.39 is 0 Å². The summed E-state index contributed by atoms with van der Waals surface area (Å²) in [5.74, 6) is -0.0769. The summed E-state index contributed by atoms with van der Waals surface area (Å²) in [5, 5.41) is 2.97. The molecule has 0 aliphatic rings. The molecule has 1 aromatic heterocycles. The quantitative estimate of drug-likeness (QED) is 0.693. The Labute approximate surface area is 90.2 Å². The van der Waals surface area contributed by atoms with E-state index >= 15 is 0 Å². The molecule has 1 unspecified atom stereocenters. The summed E-state index contributed by atoms with van der Waals surface area (Å²) < 4.78 is 0. The fourth-order valence-electron chi connectivity index (χ4n) is 1.53. The summed E-state index contributed by atoms with van der Waals surface area (Å²) >= 11 is 0. The molecule has 0 aromatic carbocycles. The second-order valence-electron chi connectivity index (χ2n) is 3.71. The van der Waals surface area contributed by atoms with Crippen LogP contribution in [-0.4, -0.2) is 16.9 Å². The van der Waals surface area contributed by atoms with Crippen molar-refractivity contribution >= 4 is 11.6 Å². The molecule has 0 saturated carbocycles. The lowest BCUT2D eigenvalue weighted by molar-refractivity contribution is 0.0929. The van der Waals surface area contributed by atoms with E-state index in [0.717, 1.165) is 19.3 Å². The second kappa shape index (κ2) is 5.44. The molecule has 1 atom stereocenters. The van der Waals surface area contributed by atoms with Crippen LogP contribution in [0.4, 0.5) is 5.69 Å². The lowest BCUT2D eigenvalue weighted by atomic mass is 10.1. The van der Waals surface area contributed by atoms with Gasteiger partial charge in [0, 0.05) is 17.9 Å². The van der Waals surface area contributed by atoms with Crippen molar-refractivity contribution in [3.05, 3.63) is 18.0 Å². The highest BCUT2D eigenvalue weighted by atomic mass is 16.1. The normalized spacial score (nSPS) is 12.4. The average molecular weight is 209 g/mol. The molecule has 4 N–H and O–H groups in total. The molecule has 0 fully saturated rings. The van der Waals surface area contributed by atoms with Crippen molar-refractivity contribution in [2.24, 2.45) is 0 Å². The van der Waals surface area contributed by atoms with Crippen LogP contribution in [0.5, 0.6) is 0 Å². The summed E-state index contributed by atoms with van der Waals surface area (Å²) in [6.45, 7) is 4.19. The van der Waals surface area contributed by atoms with E-state index in [9.17, 15) is 4.79 Å². The number of H-pyrrole nitrogens is 1. The third kappa shape index (κ3) is 3.31. The third-order valence-electron chi connectivity index (χ3n) is 2.42. The molecule has 0 spiro atoms. The predicted molar refractivity (Wildman–Crippen MR) is 61.7 cm³/mol. The maximum atomic E-state index is 11.7. The number of amides is 1. The maximum absolute atomic E-state index is 11.7. The zero-order chi connectivity index (χ0) is 11.3. The molecule has 1 aromatic rings. The molecule has 4 heteroatoms. The van der Waals surface area contributed by atoms with Crippen LogP contribution >= 0.6 is 0 Å². The van der Waals surface area contributed by atoms with Gasteiger partial charge in [0.05, 0.1) is 0 Å². The molecule has 0 aliphatic heterocycles. The number of rotatable bonds is 5. The van der Waals surface area contributed by atoms with Gasteiger partial charge in [-0.15, -0.1) is 0 Å². The van der Waals surface area contributed by atoms with Crippen molar-refractivity contribution in [1.82, 2.24) is 10.3 Å². The van der Waals surface area contributed by atoms with Gasteiger partial charge in [0.15, 0.2) is 0 Å². The highest BCUT2D eigenvalue weighted by molar-refractivity contribution is 5.93. The van der Waals surface area contributed by atoms with Gasteiger partial charge in [-0.1, -0.05) is 20.3 Å². The van der Waals surface area contributed by atoms with Crippen LogP contribution < -0.4 is 11.1 Å². The summed E-state index contributed by atoms with van der Waals surface area (Å²) in [6.07, 6.45) is 4.66. The van der Waals surface area contributed by atoms with Crippen molar-refractivity contribution in [3.63, 3.8) is 0 Å². The van der Waals surface area contributed by atoms with E-state index in [0.29, 0.717) is 11.4 Å². The zero-order valence-electron chi connectivity index (χ0n) is 9.34. The molecule has 0 bridgehead atoms. The van der Waals surface area contributed by atoms with Crippen molar-refractivity contribution in [2.45, 2.75) is 39.2 Å². The molecular formula is C11H19N3O. The molecule has 15 heavy (non-hydrogen) atoms. The van der Waals surface area contributed by atoms with E-state index in [1.165, 1.54) is 0 Å². The lowest BCUT2D eigenvalue weighted by Crippen LogP contribution is -2.34. The minimum Gasteiger partial charge on any atom is -0.397 e. The highest BCUT2D eigenvalue weighted by Crippen LogP contribution is 2.06. The molecule has 0 aliphatic carbocycles. The van der Waals surface area contributed by atoms with Crippen LogP contribution in [-0.2, 0) is 0 Å². The Kier molecular flexibility index (Phi) is 4.21. The maximum Gasteiger partial charge on any atom is 0.267 e. The number of nitrogens with one attached hydrogen (secondary N) is 2. The van der Waals surface area contributed by atoms with Gasteiger partial charge in [0.25, 0.3) is 5.91 Å². The largest absolute Gasteiger partial charge is 0.397 e. The zero-order valence-corrected chi connectivity index (χ0v) is 9.34. The predicted octanol–water partition coefficient (Wildman–Crippen LogP) is 1.91. The molecule has 1 amide bonds. The van der Waals surface area contributed by atoms with Gasteiger partial charge in [-0.25, -0.2) is 0 Å². The Hall–Kier alpha value is -1.45. The van der Waals surface area contributed by atoms with Crippen molar-refractivity contribution < 1.29 is 4.79 Å². The molecular weight excluding hydrogens is 190 g/mol. The first kappa shape index (κ1) is 11.6. The Morgan fingerprint density at radius 3 is 2.80 bits per heavy atom. The van der Waals surface area contributed by atoms with Gasteiger partial charge >= 0.3 is 0 Å². The monoisotopic (exact) mass is 209 g/mol. The van der Waals surface area contributed by atoms with Crippen LogP contribution in [0.15, 0.2) is 12.3 Å². The average Bonchev–Trinajstić information content (AvgIpc) is 2.64. The van der Waals surface area contributed by atoms with Crippen LogP contribution in [0.3, 0.4) is 0 Å². The van der Waals surface area contributed by atoms with E-state index in [1.54, 1.807) is 12.3 Å². The number of carbonyl (C=O) groups is 1. The van der Waals surface area contributed by atoms with Crippen LogP contribution in [0.25, 0.3) is 0 Å². The minimum atomic E-state index is -0.0769. The third-order valence-corrected chi connectivity index (χ3v) is 2.42. The number of nitrogens with two attached hydrogens (primary N) is 1. The smallest absolute Gasteiger partial charge is 0.267 e. The molecule has 0 radical (unpaired) electrons. The number of aromatic nitrogens is 1. The van der Waals surface area contributed by atoms with E-state index in [-0.39, 0.29) is 11.9 Å². The van der Waals surface area contributed by atoms with E-state index in [1.807, 2.05) is 0 Å². The summed E-state index contributed by atoms with van der Waals surface area (Å²) in [4.78, 5) is 14.5. The summed E-state index contributed by atoms with van der Waals surface area (Å²) in [7, 11) is 0. The van der Waals surface area contributed by atoms with Gasteiger partial charge in [0.2, 0.25) is 0 Å². The number of aromatic amines is 1. The number of nitrogen functional groups attached to an aromatic ring is 1. The van der Waals surface area contributed by atoms with Crippen molar-refractivity contribution in [2.75, 3.05) is 5.73 Å². The molecule has 0 saturated heterocycles. The first-order chi connectivity index (χ1) is 7.17. The fraction of sp³-hybridized carbons (Fsp3) is 0.545. The Morgan fingerprint density at radius 2 is 2.33 bits per heavy atom. The molecule has 1 rings (SSSR count).